The van der Waals surface area contributed by atoms with Gasteiger partial charge in [0, 0.05) is 12.6 Å². The molecule has 0 aliphatic heterocycles. The van der Waals surface area contributed by atoms with E-state index >= 15 is 0 Å². The number of aryl methyl sites for hydroxylation is 1. The van der Waals surface area contributed by atoms with Crippen molar-refractivity contribution in [2.24, 2.45) is 5.73 Å². The van der Waals surface area contributed by atoms with E-state index in [0.717, 1.165) is 19.4 Å². The number of rotatable bonds is 8. The quantitative estimate of drug-likeness (QED) is 0.606. The van der Waals surface area contributed by atoms with E-state index in [-0.39, 0.29) is 12.5 Å². The first-order valence-corrected chi connectivity index (χ1v) is 6.37. The lowest BCUT2D eigenvalue weighted by Gasteiger charge is -2.10. The molecule has 0 radical (unpaired) electrons. The molecule has 4 heteroatoms. The Kier molecular flexibility index (Phi) is 6.39. The number of hydrogen-bond donors (Lipinski definition) is 3. The molecule has 1 aromatic rings. The van der Waals surface area contributed by atoms with Gasteiger partial charge in [0.05, 0.1) is 6.42 Å². The number of carbonyl (C=O) groups is 1. The zero-order valence-corrected chi connectivity index (χ0v) is 10.9. The van der Waals surface area contributed by atoms with Crippen LogP contribution in [-0.2, 0) is 17.6 Å². The molecule has 18 heavy (non-hydrogen) atoms. The summed E-state index contributed by atoms with van der Waals surface area (Å²) < 4.78 is 0. The molecular weight excluding hydrogens is 228 g/mol. The van der Waals surface area contributed by atoms with E-state index in [1.807, 2.05) is 0 Å². The second-order valence-corrected chi connectivity index (χ2v) is 4.48. The van der Waals surface area contributed by atoms with Gasteiger partial charge in [-0.3, -0.25) is 4.79 Å². The Labute approximate surface area is 108 Å². The van der Waals surface area contributed by atoms with Crippen LogP contribution in [0.2, 0.25) is 0 Å². The van der Waals surface area contributed by atoms with Crippen molar-refractivity contribution in [2.75, 3.05) is 13.1 Å². The summed E-state index contributed by atoms with van der Waals surface area (Å²) in [4.78, 5) is 10.4. The van der Waals surface area contributed by atoms with Crippen molar-refractivity contribution in [1.29, 1.82) is 0 Å². The number of nitrogens with two attached hydrogens (primary N) is 1. The smallest absolute Gasteiger partial charge is 0.304 e. The van der Waals surface area contributed by atoms with Crippen molar-refractivity contribution in [2.45, 2.75) is 32.2 Å². The molecule has 0 fully saturated rings. The number of carboxylic acid groups (broad SMARTS) is 1. The highest BCUT2D eigenvalue weighted by atomic mass is 16.4. The van der Waals surface area contributed by atoms with Crippen molar-refractivity contribution in [3.8, 4) is 0 Å². The minimum absolute atomic E-state index is 0.0121. The predicted octanol–water partition coefficient (Wildman–Crippen LogP) is 1.18. The van der Waals surface area contributed by atoms with Crippen LogP contribution in [0.25, 0.3) is 0 Å². The SMILES string of the molecule is CCc1ccc(CCNCC(N)CC(=O)O)cc1. The number of benzene rings is 1. The van der Waals surface area contributed by atoms with Crippen LogP contribution in [0, 0.1) is 0 Å². The third kappa shape index (κ3) is 5.80. The summed E-state index contributed by atoms with van der Waals surface area (Å²) in [5, 5.41) is 11.7. The minimum atomic E-state index is -0.848. The third-order valence-electron chi connectivity index (χ3n) is 2.87. The van der Waals surface area contributed by atoms with Gasteiger partial charge < -0.3 is 16.2 Å². The Hall–Kier alpha value is -1.39. The van der Waals surface area contributed by atoms with Crippen LogP contribution < -0.4 is 11.1 Å². The lowest BCUT2D eigenvalue weighted by atomic mass is 10.1. The molecule has 0 heterocycles. The molecular formula is C14H22N2O2. The van der Waals surface area contributed by atoms with Gasteiger partial charge in [-0.25, -0.2) is 0 Å². The molecule has 100 valence electrons. The molecule has 0 aromatic heterocycles. The van der Waals surface area contributed by atoms with Gasteiger partial charge in [0.15, 0.2) is 0 Å². The van der Waals surface area contributed by atoms with Gasteiger partial charge >= 0.3 is 5.97 Å². The fraction of sp³-hybridized carbons (Fsp3) is 0.500. The maximum absolute atomic E-state index is 10.4. The zero-order chi connectivity index (χ0) is 13.4. The number of aliphatic carboxylic acids is 1. The fourth-order valence-electron chi connectivity index (χ4n) is 1.76. The molecule has 0 saturated carbocycles. The van der Waals surface area contributed by atoms with E-state index in [2.05, 4.69) is 36.5 Å². The highest BCUT2D eigenvalue weighted by Crippen LogP contribution is 2.05. The van der Waals surface area contributed by atoms with E-state index in [1.165, 1.54) is 11.1 Å². The Morgan fingerprint density at radius 2 is 1.94 bits per heavy atom. The van der Waals surface area contributed by atoms with Crippen LogP contribution in [0.1, 0.15) is 24.5 Å². The summed E-state index contributed by atoms with van der Waals surface area (Å²) in [7, 11) is 0. The van der Waals surface area contributed by atoms with Crippen LogP contribution in [0.3, 0.4) is 0 Å². The Bertz CT molecular complexity index is 363. The molecule has 4 N–H and O–H groups in total. The molecule has 0 aliphatic rings. The van der Waals surface area contributed by atoms with Gasteiger partial charge in [-0.2, -0.15) is 0 Å². The van der Waals surface area contributed by atoms with Crippen molar-refractivity contribution in [3.63, 3.8) is 0 Å². The Morgan fingerprint density at radius 1 is 1.33 bits per heavy atom. The molecule has 1 unspecified atom stereocenters. The predicted molar refractivity (Wildman–Crippen MR) is 72.6 cm³/mol. The summed E-state index contributed by atoms with van der Waals surface area (Å²) in [6, 6.07) is 8.25. The van der Waals surface area contributed by atoms with Crippen LogP contribution in [0.4, 0.5) is 0 Å². The average Bonchev–Trinajstić information content (AvgIpc) is 2.34. The molecule has 0 amide bonds. The van der Waals surface area contributed by atoms with E-state index in [1.54, 1.807) is 0 Å². The van der Waals surface area contributed by atoms with Crippen LogP contribution in [0.15, 0.2) is 24.3 Å². The lowest BCUT2D eigenvalue weighted by molar-refractivity contribution is -0.137. The van der Waals surface area contributed by atoms with E-state index < -0.39 is 5.97 Å². The monoisotopic (exact) mass is 250 g/mol. The molecule has 0 bridgehead atoms. The number of carboxylic acids is 1. The van der Waals surface area contributed by atoms with E-state index in [4.69, 9.17) is 10.8 Å². The third-order valence-corrected chi connectivity index (χ3v) is 2.87. The Morgan fingerprint density at radius 3 is 2.50 bits per heavy atom. The highest BCUT2D eigenvalue weighted by Gasteiger charge is 2.06. The summed E-state index contributed by atoms with van der Waals surface area (Å²) in [6.45, 7) is 3.50. The van der Waals surface area contributed by atoms with Gasteiger partial charge in [0.25, 0.3) is 0 Å². The fourth-order valence-corrected chi connectivity index (χ4v) is 1.76. The van der Waals surface area contributed by atoms with Crippen LogP contribution in [0.5, 0.6) is 0 Å². The summed E-state index contributed by atoms with van der Waals surface area (Å²) in [6.07, 6.45) is 2.00. The van der Waals surface area contributed by atoms with Crippen molar-refractivity contribution < 1.29 is 9.90 Å². The van der Waals surface area contributed by atoms with Crippen LogP contribution >= 0.6 is 0 Å². The Balaban J connectivity index is 2.19. The van der Waals surface area contributed by atoms with Gasteiger partial charge in [-0.15, -0.1) is 0 Å². The van der Waals surface area contributed by atoms with Crippen LogP contribution in [-0.4, -0.2) is 30.2 Å². The summed E-state index contributed by atoms with van der Waals surface area (Å²) in [5.74, 6) is -0.848. The molecule has 0 spiro atoms. The van der Waals surface area contributed by atoms with Crippen molar-refractivity contribution >= 4 is 5.97 Å². The minimum Gasteiger partial charge on any atom is -0.481 e. The van der Waals surface area contributed by atoms with Crippen molar-refractivity contribution in [3.05, 3.63) is 35.4 Å². The van der Waals surface area contributed by atoms with Gasteiger partial charge in [-0.05, 0) is 30.5 Å². The second-order valence-electron chi connectivity index (χ2n) is 4.48. The normalized spacial score (nSPS) is 12.3. The zero-order valence-electron chi connectivity index (χ0n) is 10.9. The molecule has 1 atom stereocenters. The van der Waals surface area contributed by atoms with Crippen molar-refractivity contribution in [1.82, 2.24) is 5.32 Å². The lowest BCUT2D eigenvalue weighted by Crippen LogP contribution is -2.36. The summed E-state index contributed by atoms with van der Waals surface area (Å²) in [5.41, 5.74) is 8.28. The summed E-state index contributed by atoms with van der Waals surface area (Å²) >= 11 is 0. The van der Waals surface area contributed by atoms with E-state index in [0.29, 0.717) is 6.54 Å². The molecule has 0 saturated heterocycles. The average molecular weight is 250 g/mol. The van der Waals surface area contributed by atoms with Gasteiger partial charge in [-0.1, -0.05) is 31.2 Å². The topological polar surface area (TPSA) is 75.3 Å². The first kappa shape index (κ1) is 14.7. The van der Waals surface area contributed by atoms with Gasteiger partial charge in [0.2, 0.25) is 0 Å². The maximum atomic E-state index is 10.4. The molecule has 0 aliphatic carbocycles. The number of nitrogens with one attached hydrogen (secondary N) is 1. The highest BCUT2D eigenvalue weighted by molar-refractivity contribution is 5.67. The second kappa shape index (κ2) is 7.84. The maximum Gasteiger partial charge on any atom is 0.304 e. The molecule has 4 nitrogen and oxygen atoms in total. The van der Waals surface area contributed by atoms with E-state index in [9.17, 15) is 4.79 Å². The largest absolute Gasteiger partial charge is 0.481 e. The molecule has 1 aromatic carbocycles. The van der Waals surface area contributed by atoms with Gasteiger partial charge in [0.1, 0.15) is 0 Å². The number of hydrogen-bond acceptors (Lipinski definition) is 3. The first-order chi connectivity index (χ1) is 8.61. The standard InChI is InChI=1S/C14H22N2O2/c1-2-11-3-5-12(6-4-11)7-8-16-10-13(15)9-14(17)18/h3-6,13,16H,2,7-10,15H2,1H3,(H,17,18). The first-order valence-electron chi connectivity index (χ1n) is 6.37. The molecule has 1 rings (SSSR count).